The summed E-state index contributed by atoms with van der Waals surface area (Å²) in [6, 6.07) is 4.19. The highest BCUT2D eigenvalue weighted by Crippen LogP contribution is 2.15. The van der Waals surface area contributed by atoms with Gasteiger partial charge < -0.3 is 5.32 Å². The molecule has 2 heterocycles. The maximum atomic E-state index is 4.44. The molecular formula is C15H22N4S. The Morgan fingerprint density at radius 3 is 2.70 bits per heavy atom. The Morgan fingerprint density at radius 2 is 2.10 bits per heavy atom. The molecule has 0 amide bonds. The molecular weight excluding hydrogens is 268 g/mol. The van der Waals surface area contributed by atoms with E-state index in [0.29, 0.717) is 0 Å². The Kier molecular flexibility index (Phi) is 5.49. The number of rotatable bonds is 7. The fourth-order valence-corrected chi connectivity index (χ4v) is 2.82. The van der Waals surface area contributed by atoms with Gasteiger partial charge in [-0.2, -0.15) is 0 Å². The normalized spacial score (nSPS) is 11.0. The van der Waals surface area contributed by atoms with Crippen molar-refractivity contribution >= 4 is 17.2 Å². The lowest BCUT2D eigenvalue weighted by atomic mass is 10.2. The molecule has 0 radical (unpaired) electrons. The van der Waals surface area contributed by atoms with Crippen molar-refractivity contribution in [1.82, 2.24) is 14.9 Å². The topological polar surface area (TPSA) is 41.0 Å². The zero-order valence-corrected chi connectivity index (χ0v) is 13.2. The van der Waals surface area contributed by atoms with Gasteiger partial charge in [0.25, 0.3) is 0 Å². The summed E-state index contributed by atoms with van der Waals surface area (Å²) >= 11 is 1.72. The predicted octanol–water partition coefficient (Wildman–Crippen LogP) is 3.30. The van der Waals surface area contributed by atoms with E-state index in [0.717, 1.165) is 37.6 Å². The first kappa shape index (κ1) is 14.9. The van der Waals surface area contributed by atoms with Crippen molar-refractivity contribution < 1.29 is 0 Å². The highest BCUT2D eigenvalue weighted by Gasteiger charge is 2.06. The van der Waals surface area contributed by atoms with Crippen LogP contribution >= 0.6 is 11.3 Å². The van der Waals surface area contributed by atoms with Gasteiger partial charge in [-0.1, -0.05) is 13.0 Å². The molecule has 0 aliphatic rings. The number of nitrogens with zero attached hydrogens (tertiary/aromatic N) is 3. The van der Waals surface area contributed by atoms with Crippen LogP contribution in [0.15, 0.2) is 23.8 Å². The van der Waals surface area contributed by atoms with E-state index in [1.807, 2.05) is 11.7 Å². The molecule has 4 nitrogen and oxygen atoms in total. The first-order valence-electron chi connectivity index (χ1n) is 6.95. The van der Waals surface area contributed by atoms with Crippen LogP contribution in [-0.4, -0.2) is 28.5 Å². The summed E-state index contributed by atoms with van der Waals surface area (Å²) in [4.78, 5) is 12.3. The lowest BCUT2D eigenvalue weighted by molar-refractivity contribution is 0.321. The zero-order chi connectivity index (χ0) is 14.4. The summed E-state index contributed by atoms with van der Waals surface area (Å²) < 4.78 is 0. The molecule has 0 aromatic carbocycles. The third-order valence-corrected chi connectivity index (χ3v) is 4.01. The van der Waals surface area contributed by atoms with Gasteiger partial charge in [-0.25, -0.2) is 9.97 Å². The third kappa shape index (κ3) is 4.28. The van der Waals surface area contributed by atoms with Gasteiger partial charge in [0, 0.05) is 30.7 Å². The number of pyridine rings is 1. The van der Waals surface area contributed by atoms with Gasteiger partial charge >= 0.3 is 0 Å². The first-order chi connectivity index (χ1) is 9.69. The number of hydrogen-bond donors (Lipinski definition) is 1. The van der Waals surface area contributed by atoms with Crippen LogP contribution in [0.2, 0.25) is 0 Å². The van der Waals surface area contributed by atoms with Crippen molar-refractivity contribution in [3.63, 3.8) is 0 Å². The van der Waals surface area contributed by atoms with Crippen molar-refractivity contribution in [3.05, 3.63) is 40.0 Å². The van der Waals surface area contributed by atoms with Gasteiger partial charge in [-0.3, -0.25) is 4.90 Å². The van der Waals surface area contributed by atoms with Gasteiger partial charge in [-0.15, -0.1) is 11.3 Å². The molecule has 0 fully saturated rings. The van der Waals surface area contributed by atoms with E-state index < -0.39 is 0 Å². The second kappa shape index (κ2) is 7.36. The van der Waals surface area contributed by atoms with Crippen molar-refractivity contribution in [2.45, 2.75) is 33.4 Å². The van der Waals surface area contributed by atoms with E-state index in [1.165, 1.54) is 10.4 Å². The molecule has 0 spiro atoms. The molecule has 0 atom stereocenters. The van der Waals surface area contributed by atoms with Gasteiger partial charge in [0.1, 0.15) is 5.82 Å². The summed E-state index contributed by atoms with van der Waals surface area (Å²) in [5.74, 6) is 0.955. The lowest BCUT2D eigenvalue weighted by Crippen LogP contribution is -2.17. The summed E-state index contributed by atoms with van der Waals surface area (Å²) in [5.41, 5.74) is 4.28. The number of nitrogens with one attached hydrogen (secondary N) is 1. The average molecular weight is 290 g/mol. The van der Waals surface area contributed by atoms with Crippen molar-refractivity contribution in [3.8, 4) is 0 Å². The van der Waals surface area contributed by atoms with Gasteiger partial charge in [0.2, 0.25) is 0 Å². The van der Waals surface area contributed by atoms with Crippen LogP contribution in [0.5, 0.6) is 0 Å². The number of aryl methyl sites for hydroxylation is 1. The minimum absolute atomic E-state index is 0.901. The quantitative estimate of drug-likeness (QED) is 0.849. The van der Waals surface area contributed by atoms with E-state index in [-0.39, 0.29) is 0 Å². The second-order valence-electron chi connectivity index (χ2n) is 5.01. The Morgan fingerprint density at radius 1 is 1.25 bits per heavy atom. The minimum atomic E-state index is 0.901. The molecule has 2 aromatic rings. The van der Waals surface area contributed by atoms with Crippen LogP contribution in [-0.2, 0) is 13.1 Å². The summed E-state index contributed by atoms with van der Waals surface area (Å²) in [5, 5.41) is 3.29. The van der Waals surface area contributed by atoms with Gasteiger partial charge in [0.15, 0.2) is 0 Å². The van der Waals surface area contributed by atoms with Crippen LogP contribution in [0.25, 0.3) is 0 Å². The predicted molar refractivity (Wildman–Crippen MR) is 85.0 cm³/mol. The molecule has 1 N–H and O–H groups in total. The molecule has 108 valence electrons. The Bertz CT molecular complexity index is 521. The van der Waals surface area contributed by atoms with Crippen molar-refractivity contribution in [2.75, 3.05) is 18.9 Å². The molecule has 0 saturated heterocycles. The zero-order valence-electron chi connectivity index (χ0n) is 12.4. The number of hydrogen-bond acceptors (Lipinski definition) is 5. The van der Waals surface area contributed by atoms with E-state index >= 15 is 0 Å². The van der Waals surface area contributed by atoms with E-state index in [2.05, 4.69) is 53.2 Å². The SMILES string of the molecule is CCCNc1ccc(CN(C)Cc2scnc2C)cn1. The Balaban J connectivity index is 1.87. The Labute approximate surface area is 124 Å². The van der Waals surface area contributed by atoms with Crippen molar-refractivity contribution in [2.24, 2.45) is 0 Å². The average Bonchev–Trinajstić information content (AvgIpc) is 2.83. The minimum Gasteiger partial charge on any atom is -0.370 e. The maximum absolute atomic E-state index is 4.44. The largest absolute Gasteiger partial charge is 0.370 e. The highest BCUT2D eigenvalue weighted by atomic mass is 32.1. The van der Waals surface area contributed by atoms with E-state index in [4.69, 9.17) is 0 Å². The number of aromatic nitrogens is 2. The monoisotopic (exact) mass is 290 g/mol. The van der Waals surface area contributed by atoms with Gasteiger partial charge in [0.05, 0.1) is 11.2 Å². The molecule has 0 saturated carbocycles. The third-order valence-electron chi connectivity index (χ3n) is 3.09. The molecule has 5 heteroatoms. The van der Waals surface area contributed by atoms with Crippen LogP contribution in [0.4, 0.5) is 5.82 Å². The fraction of sp³-hybridized carbons (Fsp3) is 0.467. The highest BCUT2D eigenvalue weighted by molar-refractivity contribution is 7.09. The standard InChI is InChI=1S/C15H22N4S/c1-4-7-16-15-6-5-13(8-17-15)9-19(3)10-14-12(2)18-11-20-14/h5-6,8,11H,4,7,9-10H2,1-3H3,(H,16,17). The van der Waals surface area contributed by atoms with E-state index in [1.54, 1.807) is 11.3 Å². The fourth-order valence-electron chi connectivity index (χ4n) is 1.97. The van der Waals surface area contributed by atoms with Crippen LogP contribution in [0.3, 0.4) is 0 Å². The molecule has 2 aromatic heterocycles. The Hall–Kier alpha value is -1.46. The molecule has 2 rings (SSSR count). The van der Waals surface area contributed by atoms with E-state index in [9.17, 15) is 0 Å². The number of anilines is 1. The summed E-state index contributed by atoms with van der Waals surface area (Å²) in [6.07, 6.45) is 3.06. The van der Waals surface area contributed by atoms with Gasteiger partial charge in [-0.05, 0) is 32.0 Å². The molecule has 0 aliphatic carbocycles. The van der Waals surface area contributed by atoms with Crippen LogP contribution in [0.1, 0.15) is 29.5 Å². The second-order valence-corrected chi connectivity index (χ2v) is 5.95. The first-order valence-corrected chi connectivity index (χ1v) is 7.83. The lowest BCUT2D eigenvalue weighted by Gasteiger charge is -2.16. The molecule has 0 aliphatic heterocycles. The van der Waals surface area contributed by atoms with Crippen molar-refractivity contribution in [1.29, 1.82) is 0 Å². The summed E-state index contributed by atoms with van der Waals surface area (Å²) in [7, 11) is 2.13. The maximum Gasteiger partial charge on any atom is 0.125 e. The van der Waals surface area contributed by atoms with Crippen LogP contribution in [0, 0.1) is 6.92 Å². The molecule has 20 heavy (non-hydrogen) atoms. The smallest absolute Gasteiger partial charge is 0.125 e. The molecule has 0 bridgehead atoms. The van der Waals surface area contributed by atoms with Crippen LogP contribution < -0.4 is 5.32 Å². The molecule has 0 unspecified atom stereocenters. The summed E-state index contributed by atoms with van der Waals surface area (Å²) in [6.45, 7) is 7.02. The number of thiazole rings is 1.